The van der Waals surface area contributed by atoms with Crippen molar-refractivity contribution in [2.75, 3.05) is 0 Å². The summed E-state index contributed by atoms with van der Waals surface area (Å²) in [5.74, 6) is -1.17. The Bertz CT molecular complexity index is 1100. The van der Waals surface area contributed by atoms with E-state index in [1.165, 1.54) is 0 Å². The number of allylic oxidation sites excluding steroid dienone is 1. The number of ketones is 1. The van der Waals surface area contributed by atoms with Crippen molar-refractivity contribution in [3.05, 3.63) is 11.6 Å². The minimum absolute atomic E-state index is 0.0237. The Morgan fingerprint density at radius 2 is 1.60 bits per heavy atom. The molecule has 5 fully saturated rings. The van der Waals surface area contributed by atoms with Gasteiger partial charge in [0.25, 0.3) is 0 Å². The number of hydrogen-bond acceptors (Lipinski definition) is 7. The predicted octanol–water partition coefficient (Wildman–Crippen LogP) is 5.45. The highest BCUT2D eigenvalue weighted by Crippen LogP contribution is 2.70. The van der Waals surface area contributed by atoms with Gasteiger partial charge in [-0.1, -0.05) is 13.8 Å². The molecular weight excluding hydrogens is 508 g/mol. The lowest BCUT2D eigenvalue weighted by Crippen LogP contribution is -2.62. The average Bonchev–Trinajstić information content (AvgIpc) is 3.34. The zero-order valence-electron chi connectivity index (χ0n) is 26.1. The van der Waals surface area contributed by atoms with Crippen LogP contribution in [0.3, 0.4) is 0 Å². The second kappa shape index (κ2) is 8.63. The first kappa shape index (κ1) is 29.3. The summed E-state index contributed by atoms with van der Waals surface area (Å²) in [6, 6.07) is 0. The van der Waals surface area contributed by atoms with Gasteiger partial charge in [0.2, 0.25) is 0 Å². The molecule has 2 aliphatic heterocycles. The predicted molar refractivity (Wildman–Crippen MR) is 150 cm³/mol. The standard InChI is InChI=1S/C33H52O7/c1-27(2,35)13-12-26-32(9,40-29(5,6)39-26)25-11-15-33(36)20-16-22(34)21-17-23-24(38-28(3,4)37-23)18-30(21,7)19(20)10-14-31(25,33)8/h16,19,21,23-26,35-36H,10-15,17-18H2,1-9H3. The van der Waals surface area contributed by atoms with Crippen molar-refractivity contribution in [2.45, 2.75) is 160 Å². The first-order valence-corrected chi connectivity index (χ1v) is 15.7. The number of ether oxygens (including phenoxy) is 4. The van der Waals surface area contributed by atoms with Crippen LogP contribution in [-0.4, -0.2) is 62.7 Å². The Labute approximate surface area is 240 Å². The number of carbonyl (C=O) groups is 1. The molecule has 7 nitrogen and oxygen atoms in total. The summed E-state index contributed by atoms with van der Waals surface area (Å²) in [7, 11) is 0. The summed E-state index contributed by atoms with van der Waals surface area (Å²) >= 11 is 0. The smallest absolute Gasteiger partial charge is 0.164 e. The lowest BCUT2D eigenvalue weighted by atomic mass is 9.45. The third-order valence-electron chi connectivity index (χ3n) is 12.2. The maximum Gasteiger partial charge on any atom is 0.164 e. The molecule has 0 aromatic heterocycles. The van der Waals surface area contributed by atoms with Crippen molar-refractivity contribution in [3.63, 3.8) is 0 Å². The molecule has 10 atom stereocenters. The second-order valence-electron chi connectivity index (χ2n) is 16.3. The van der Waals surface area contributed by atoms with Crippen LogP contribution >= 0.6 is 0 Å². The number of aliphatic hydroxyl groups is 2. The fourth-order valence-electron chi connectivity index (χ4n) is 10.5. The van der Waals surface area contributed by atoms with Gasteiger partial charge < -0.3 is 29.2 Å². The first-order valence-electron chi connectivity index (χ1n) is 15.7. The van der Waals surface area contributed by atoms with Crippen molar-refractivity contribution in [3.8, 4) is 0 Å². The van der Waals surface area contributed by atoms with E-state index in [2.05, 4.69) is 20.8 Å². The minimum Gasteiger partial charge on any atom is -0.390 e. The molecule has 0 amide bonds. The molecular formula is C33H52O7. The number of hydrogen-bond donors (Lipinski definition) is 2. The van der Waals surface area contributed by atoms with Gasteiger partial charge in [0, 0.05) is 11.3 Å². The molecule has 10 unspecified atom stereocenters. The third-order valence-corrected chi connectivity index (χ3v) is 12.2. The molecule has 2 heterocycles. The summed E-state index contributed by atoms with van der Waals surface area (Å²) in [4.78, 5) is 13.8. The Kier molecular flexibility index (Phi) is 6.31. The number of fused-ring (bicyclic) bond motifs is 6. The van der Waals surface area contributed by atoms with Crippen LogP contribution in [0.15, 0.2) is 11.6 Å². The van der Waals surface area contributed by atoms with Crippen molar-refractivity contribution < 1.29 is 34.0 Å². The zero-order chi connectivity index (χ0) is 29.3. The maximum atomic E-state index is 13.8. The molecule has 6 rings (SSSR count). The van der Waals surface area contributed by atoms with E-state index in [9.17, 15) is 15.0 Å². The normalized spacial score (nSPS) is 51.1. The van der Waals surface area contributed by atoms with Gasteiger partial charge in [0.1, 0.15) is 0 Å². The van der Waals surface area contributed by atoms with E-state index in [0.29, 0.717) is 25.7 Å². The van der Waals surface area contributed by atoms with E-state index < -0.39 is 33.8 Å². The van der Waals surface area contributed by atoms with Crippen LogP contribution in [0, 0.1) is 28.6 Å². The highest BCUT2D eigenvalue weighted by atomic mass is 16.8. The largest absolute Gasteiger partial charge is 0.390 e. The van der Waals surface area contributed by atoms with Gasteiger partial charge in [-0.15, -0.1) is 0 Å². The fourth-order valence-corrected chi connectivity index (χ4v) is 10.5. The Morgan fingerprint density at radius 3 is 2.27 bits per heavy atom. The van der Waals surface area contributed by atoms with Crippen molar-refractivity contribution in [1.82, 2.24) is 0 Å². The molecule has 0 radical (unpaired) electrons. The molecule has 0 bridgehead atoms. The number of carbonyl (C=O) groups excluding carboxylic acids is 1. The van der Waals surface area contributed by atoms with Gasteiger partial charge in [0.05, 0.1) is 35.1 Å². The molecule has 7 heteroatoms. The molecule has 4 aliphatic carbocycles. The maximum absolute atomic E-state index is 13.8. The highest BCUT2D eigenvalue weighted by molar-refractivity contribution is 5.95. The fraction of sp³-hybridized carbons (Fsp3) is 0.909. The van der Waals surface area contributed by atoms with Crippen LogP contribution in [0.25, 0.3) is 0 Å². The molecule has 40 heavy (non-hydrogen) atoms. The SMILES string of the molecule is CC(C)(O)CCC1OC(C)(C)OC1(C)C1CCC2(O)C3=CC(=O)C4CC5OC(C)(C)OC5CC4(C)C3CCC12C. The molecule has 0 aromatic rings. The lowest BCUT2D eigenvalue weighted by molar-refractivity contribution is -0.190. The molecule has 2 saturated heterocycles. The Morgan fingerprint density at radius 1 is 0.925 bits per heavy atom. The van der Waals surface area contributed by atoms with Crippen LogP contribution in [0.4, 0.5) is 0 Å². The quantitative estimate of drug-likeness (QED) is 0.472. The van der Waals surface area contributed by atoms with E-state index in [1.54, 1.807) is 0 Å². The van der Waals surface area contributed by atoms with Crippen molar-refractivity contribution in [1.29, 1.82) is 0 Å². The van der Waals surface area contributed by atoms with Crippen LogP contribution in [0.1, 0.15) is 114 Å². The van der Waals surface area contributed by atoms with E-state index >= 15 is 0 Å². The topological polar surface area (TPSA) is 94.5 Å². The first-order chi connectivity index (χ1) is 18.2. The van der Waals surface area contributed by atoms with Gasteiger partial charge >= 0.3 is 0 Å². The summed E-state index contributed by atoms with van der Waals surface area (Å²) in [6.07, 6.45) is 7.51. The minimum atomic E-state index is -1.08. The van der Waals surface area contributed by atoms with Gasteiger partial charge in [-0.3, -0.25) is 4.79 Å². The Balaban J connectivity index is 1.33. The van der Waals surface area contributed by atoms with Gasteiger partial charge in [0.15, 0.2) is 17.4 Å². The molecule has 0 spiro atoms. The summed E-state index contributed by atoms with van der Waals surface area (Å²) in [5, 5.41) is 23.3. The van der Waals surface area contributed by atoms with E-state index in [0.717, 1.165) is 31.3 Å². The van der Waals surface area contributed by atoms with E-state index in [-0.39, 0.29) is 47.3 Å². The van der Waals surface area contributed by atoms with Gasteiger partial charge in [-0.05, 0) is 129 Å². The van der Waals surface area contributed by atoms with Gasteiger partial charge in [-0.25, -0.2) is 0 Å². The molecule has 0 aromatic carbocycles. The molecule has 226 valence electrons. The second-order valence-corrected chi connectivity index (χ2v) is 16.3. The molecule has 3 saturated carbocycles. The molecule has 6 aliphatic rings. The van der Waals surface area contributed by atoms with E-state index in [1.807, 2.05) is 47.6 Å². The Hall–Kier alpha value is -0.830. The van der Waals surface area contributed by atoms with Crippen LogP contribution in [-0.2, 0) is 23.7 Å². The monoisotopic (exact) mass is 560 g/mol. The van der Waals surface area contributed by atoms with E-state index in [4.69, 9.17) is 18.9 Å². The average molecular weight is 561 g/mol. The van der Waals surface area contributed by atoms with Crippen LogP contribution in [0.5, 0.6) is 0 Å². The van der Waals surface area contributed by atoms with Crippen LogP contribution < -0.4 is 0 Å². The summed E-state index contributed by atoms with van der Waals surface area (Å²) in [6.45, 7) is 18.2. The summed E-state index contributed by atoms with van der Waals surface area (Å²) < 4.78 is 25.8. The zero-order valence-corrected chi connectivity index (χ0v) is 26.1. The third kappa shape index (κ3) is 4.16. The van der Waals surface area contributed by atoms with Crippen molar-refractivity contribution >= 4 is 5.78 Å². The molecule has 2 N–H and O–H groups in total. The van der Waals surface area contributed by atoms with Crippen LogP contribution in [0.2, 0.25) is 0 Å². The van der Waals surface area contributed by atoms with Gasteiger partial charge in [-0.2, -0.15) is 0 Å². The summed E-state index contributed by atoms with van der Waals surface area (Å²) in [5.41, 5.74) is -2.28. The highest BCUT2D eigenvalue weighted by Gasteiger charge is 2.71. The number of rotatable bonds is 4. The van der Waals surface area contributed by atoms with Crippen molar-refractivity contribution in [2.24, 2.45) is 28.6 Å². The lowest BCUT2D eigenvalue weighted by Gasteiger charge is -2.60.